The molecule has 2 aliphatic rings. The molecule has 20 heavy (non-hydrogen) atoms. The number of hydrogen-bond acceptors (Lipinski definition) is 5. The number of carbonyl (C=O) groups is 1. The number of hydrogen-bond donors (Lipinski definition) is 1. The SMILES string of the molecule is COC(=O)C1NN(C2CCCCO2)c2cc(Cl)ccc21. The van der Waals surface area contributed by atoms with E-state index in [9.17, 15) is 4.79 Å². The lowest BCUT2D eigenvalue weighted by molar-refractivity contribution is -0.143. The molecule has 2 unspecified atom stereocenters. The molecule has 2 aliphatic heterocycles. The Bertz CT molecular complexity index is 517. The zero-order valence-corrected chi connectivity index (χ0v) is 12.0. The van der Waals surface area contributed by atoms with Crippen molar-refractivity contribution in [3.05, 3.63) is 28.8 Å². The Kier molecular flexibility index (Phi) is 3.83. The summed E-state index contributed by atoms with van der Waals surface area (Å²) in [6.07, 6.45) is 3.04. The van der Waals surface area contributed by atoms with Crippen molar-refractivity contribution >= 4 is 23.3 Å². The van der Waals surface area contributed by atoms with Crippen molar-refractivity contribution in [2.75, 3.05) is 18.7 Å². The summed E-state index contributed by atoms with van der Waals surface area (Å²) < 4.78 is 10.6. The highest BCUT2D eigenvalue weighted by atomic mass is 35.5. The first-order valence-electron chi connectivity index (χ1n) is 6.75. The lowest BCUT2D eigenvalue weighted by atomic mass is 10.1. The minimum absolute atomic E-state index is 0.0735. The van der Waals surface area contributed by atoms with Crippen LogP contribution in [0.3, 0.4) is 0 Å². The van der Waals surface area contributed by atoms with Crippen LogP contribution >= 0.6 is 11.6 Å². The number of nitrogens with zero attached hydrogens (tertiary/aromatic N) is 1. The van der Waals surface area contributed by atoms with Crippen molar-refractivity contribution in [3.63, 3.8) is 0 Å². The van der Waals surface area contributed by atoms with Gasteiger partial charge < -0.3 is 9.47 Å². The van der Waals surface area contributed by atoms with Gasteiger partial charge in [0.2, 0.25) is 0 Å². The molecule has 1 fully saturated rings. The fourth-order valence-electron chi connectivity index (χ4n) is 2.71. The summed E-state index contributed by atoms with van der Waals surface area (Å²) in [5, 5.41) is 2.54. The zero-order chi connectivity index (χ0) is 14.1. The third-order valence-electron chi connectivity index (χ3n) is 3.71. The van der Waals surface area contributed by atoms with Gasteiger partial charge in [0.05, 0.1) is 12.8 Å². The molecule has 1 aromatic carbocycles. The van der Waals surface area contributed by atoms with E-state index in [2.05, 4.69) is 5.43 Å². The lowest BCUT2D eigenvalue weighted by Gasteiger charge is -2.33. The van der Waals surface area contributed by atoms with Crippen LogP contribution in [-0.4, -0.2) is 25.9 Å². The average molecular weight is 297 g/mol. The molecule has 2 atom stereocenters. The highest BCUT2D eigenvalue weighted by molar-refractivity contribution is 6.30. The number of benzene rings is 1. The normalized spacial score (nSPS) is 25.4. The number of esters is 1. The van der Waals surface area contributed by atoms with E-state index < -0.39 is 6.04 Å². The van der Waals surface area contributed by atoms with Crippen molar-refractivity contribution in [3.8, 4) is 0 Å². The topological polar surface area (TPSA) is 50.8 Å². The minimum atomic E-state index is -0.502. The fraction of sp³-hybridized carbons (Fsp3) is 0.500. The average Bonchev–Trinajstić information content (AvgIpc) is 2.86. The first-order valence-corrected chi connectivity index (χ1v) is 7.13. The highest BCUT2D eigenvalue weighted by Gasteiger charge is 2.38. The Morgan fingerprint density at radius 1 is 1.50 bits per heavy atom. The summed E-state index contributed by atoms with van der Waals surface area (Å²) in [6.45, 7) is 0.738. The van der Waals surface area contributed by atoms with E-state index in [1.807, 2.05) is 17.1 Å². The number of ether oxygens (including phenoxy) is 2. The van der Waals surface area contributed by atoms with Gasteiger partial charge in [-0.15, -0.1) is 0 Å². The van der Waals surface area contributed by atoms with E-state index in [-0.39, 0.29) is 12.2 Å². The minimum Gasteiger partial charge on any atom is -0.468 e. The molecule has 2 heterocycles. The Morgan fingerprint density at radius 2 is 2.35 bits per heavy atom. The summed E-state index contributed by atoms with van der Waals surface area (Å²) >= 11 is 6.08. The van der Waals surface area contributed by atoms with Gasteiger partial charge in [0.25, 0.3) is 0 Å². The molecule has 1 aromatic rings. The number of hydrazine groups is 1. The standard InChI is InChI=1S/C14H17ClN2O3/c1-19-14(18)13-10-6-5-9(15)8-11(10)17(16-13)12-4-2-3-7-20-12/h5-6,8,12-13,16H,2-4,7H2,1H3. The largest absolute Gasteiger partial charge is 0.468 e. The van der Waals surface area contributed by atoms with Crippen LogP contribution in [0.1, 0.15) is 30.9 Å². The molecule has 3 rings (SSSR count). The van der Waals surface area contributed by atoms with Gasteiger partial charge in [0.1, 0.15) is 6.23 Å². The Hall–Kier alpha value is -1.30. The molecular formula is C14H17ClN2O3. The van der Waals surface area contributed by atoms with Gasteiger partial charge in [-0.3, -0.25) is 5.01 Å². The zero-order valence-electron chi connectivity index (χ0n) is 11.3. The molecule has 0 aliphatic carbocycles. The molecule has 0 radical (unpaired) electrons. The second kappa shape index (κ2) is 5.60. The van der Waals surface area contributed by atoms with Gasteiger partial charge in [-0.1, -0.05) is 17.7 Å². The van der Waals surface area contributed by atoms with Crippen molar-refractivity contribution in [2.24, 2.45) is 0 Å². The summed E-state index contributed by atoms with van der Waals surface area (Å²) in [5.41, 5.74) is 4.94. The van der Waals surface area contributed by atoms with E-state index in [1.54, 1.807) is 6.07 Å². The van der Waals surface area contributed by atoms with Crippen LogP contribution in [0.4, 0.5) is 5.69 Å². The summed E-state index contributed by atoms with van der Waals surface area (Å²) in [4.78, 5) is 11.9. The molecule has 6 heteroatoms. The first kappa shape index (κ1) is 13.7. The van der Waals surface area contributed by atoms with Crippen LogP contribution in [0, 0.1) is 0 Å². The molecule has 5 nitrogen and oxygen atoms in total. The smallest absolute Gasteiger partial charge is 0.329 e. The van der Waals surface area contributed by atoms with Crippen molar-refractivity contribution in [1.82, 2.24) is 5.43 Å². The first-order chi connectivity index (χ1) is 9.70. The number of methoxy groups -OCH3 is 1. The van der Waals surface area contributed by atoms with E-state index >= 15 is 0 Å². The highest BCUT2D eigenvalue weighted by Crippen LogP contribution is 2.38. The van der Waals surface area contributed by atoms with Crippen molar-refractivity contribution in [1.29, 1.82) is 0 Å². The van der Waals surface area contributed by atoms with Gasteiger partial charge in [0, 0.05) is 17.2 Å². The predicted octanol–water partition coefficient (Wildman–Crippen LogP) is 2.41. The van der Waals surface area contributed by atoms with Crippen LogP contribution in [-0.2, 0) is 14.3 Å². The van der Waals surface area contributed by atoms with Gasteiger partial charge >= 0.3 is 5.97 Å². The van der Waals surface area contributed by atoms with E-state index in [1.165, 1.54) is 7.11 Å². The maximum absolute atomic E-state index is 11.9. The second-order valence-corrected chi connectivity index (χ2v) is 5.42. The summed E-state index contributed by atoms with van der Waals surface area (Å²) in [5.74, 6) is -0.313. The molecule has 0 spiro atoms. The van der Waals surface area contributed by atoms with Crippen LogP contribution in [0.25, 0.3) is 0 Å². The maximum atomic E-state index is 11.9. The summed E-state index contributed by atoms with van der Waals surface area (Å²) in [7, 11) is 1.39. The molecule has 0 bridgehead atoms. The second-order valence-electron chi connectivity index (χ2n) is 4.98. The van der Waals surface area contributed by atoms with Crippen LogP contribution in [0.2, 0.25) is 5.02 Å². The van der Waals surface area contributed by atoms with Crippen molar-refractivity contribution in [2.45, 2.75) is 31.5 Å². The monoisotopic (exact) mass is 296 g/mol. The Labute approximate surface area is 122 Å². The number of nitrogens with one attached hydrogen (secondary N) is 1. The lowest BCUT2D eigenvalue weighted by Crippen LogP contribution is -2.47. The Morgan fingerprint density at radius 3 is 3.05 bits per heavy atom. The van der Waals surface area contributed by atoms with Crippen molar-refractivity contribution < 1.29 is 14.3 Å². The molecule has 0 aromatic heterocycles. The third-order valence-corrected chi connectivity index (χ3v) is 3.95. The third kappa shape index (κ3) is 2.37. The molecule has 0 amide bonds. The number of halogens is 1. The van der Waals surface area contributed by atoms with Gasteiger partial charge in [-0.25, -0.2) is 10.2 Å². The number of fused-ring (bicyclic) bond motifs is 1. The van der Waals surface area contributed by atoms with E-state index in [0.29, 0.717) is 5.02 Å². The van der Waals surface area contributed by atoms with Crippen LogP contribution in [0.5, 0.6) is 0 Å². The molecule has 1 saturated heterocycles. The molecule has 108 valence electrons. The number of carbonyl (C=O) groups excluding carboxylic acids is 1. The van der Waals surface area contributed by atoms with Gasteiger partial charge in [-0.05, 0) is 31.4 Å². The van der Waals surface area contributed by atoms with Gasteiger partial charge in [0.15, 0.2) is 6.04 Å². The fourth-order valence-corrected chi connectivity index (χ4v) is 2.88. The summed E-state index contributed by atoms with van der Waals surface area (Å²) in [6, 6.07) is 4.99. The molecule has 1 N–H and O–H groups in total. The molecule has 0 saturated carbocycles. The van der Waals surface area contributed by atoms with Crippen LogP contribution in [0.15, 0.2) is 18.2 Å². The molecular weight excluding hydrogens is 280 g/mol. The van der Waals surface area contributed by atoms with E-state index in [0.717, 1.165) is 37.1 Å². The number of anilines is 1. The predicted molar refractivity (Wildman–Crippen MR) is 75.4 cm³/mol. The van der Waals surface area contributed by atoms with E-state index in [4.69, 9.17) is 21.1 Å². The number of rotatable bonds is 2. The Balaban J connectivity index is 1.94. The maximum Gasteiger partial charge on any atom is 0.329 e. The van der Waals surface area contributed by atoms with Crippen LogP contribution < -0.4 is 10.4 Å². The van der Waals surface area contributed by atoms with Gasteiger partial charge in [-0.2, -0.15) is 0 Å². The quantitative estimate of drug-likeness (QED) is 0.849.